The Morgan fingerprint density at radius 2 is 2.14 bits per heavy atom. The Kier molecular flexibility index (Phi) is 5.60. The maximum Gasteiger partial charge on any atom is 0.257 e. The standard InChI is InChI=1S/C21H26N4O3/c1-2-4-18-17(12-22-14-23-18)21(26)25-8-3-5-16(13-25)24-15-6-7-19-20(11-15)28-10-9-27-19/h6-7,11-12,14,16,24H,2-5,8-10,13H2,1H3. The zero-order valence-electron chi connectivity index (χ0n) is 16.2. The zero-order valence-corrected chi connectivity index (χ0v) is 16.2. The first kappa shape index (κ1) is 18.5. The van der Waals surface area contributed by atoms with E-state index in [2.05, 4.69) is 22.2 Å². The molecule has 4 rings (SSSR count). The minimum atomic E-state index is 0.0257. The number of hydrogen-bond acceptors (Lipinski definition) is 6. The van der Waals surface area contributed by atoms with Crippen LogP contribution in [0.5, 0.6) is 11.5 Å². The van der Waals surface area contributed by atoms with Crippen LogP contribution in [0, 0.1) is 0 Å². The molecule has 1 aromatic carbocycles. The minimum absolute atomic E-state index is 0.0257. The van der Waals surface area contributed by atoms with E-state index in [0.29, 0.717) is 25.3 Å². The Morgan fingerprint density at radius 3 is 3.00 bits per heavy atom. The lowest BCUT2D eigenvalue weighted by Crippen LogP contribution is -2.45. The molecule has 28 heavy (non-hydrogen) atoms. The number of likely N-dealkylation sites (tertiary alicyclic amines) is 1. The fourth-order valence-electron chi connectivity index (χ4n) is 3.79. The monoisotopic (exact) mass is 382 g/mol. The third kappa shape index (κ3) is 4.03. The predicted octanol–water partition coefficient (Wildman–Crippen LogP) is 2.92. The summed E-state index contributed by atoms with van der Waals surface area (Å²) in [5.74, 6) is 1.58. The fourth-order valence-corrected chi connectivity index (χ4v) is 3.79. The van der Waals surface area contributed by atoms with Crippen molar-refractivity contribution in [2.75, 3.05) is 31.6 Å². The molecular formula is C21H26N4O3. The number of ether oxygens (including phenoxy) is 2. The van der Waals surface area contributed by atoms with E-state index in [1.807, 2.05) is 23.1 Å². The molecule has 2 aromatic rings. The summed E-state index contributed by atoms with van der Waals surface area (Å²) in [6.07, 6.45) is 6.89. The number of piperidine rings is 1. The highest BCUT2D eigenvalue weighted by Crippen LogP contribution is 2.33. The highest BCUT2D eigenvalue weighted by Gasteiger charge is 2.26. The lowest BCUT2D eigenvalue weighted by Gasteiger charge is -2.34. The maximum atomic E-state index is 13.1. The van der Waals surface area contributed by atoms with Gasteiger partial charge in [0.1, 0.15) is 19.5 Å². The first-order chi connectivity index (χ1) is 13.7. The molecule has 2 aliphatic heterocycles. The Labute approximate surface area is 165 Å². The van der Waals surface area contributed by atoms with Crippen LogP contribution >= 0.6 is 0 Å². The van der Waals surface area contributed by atoms with E-state index in [1.54, 1.807) is 6.20 Å². The topological polar surface area (TPSA) is 76.6 Å². The van der Waals surface area contributed by atoms with Gasteiger partial charge < -0.3 is 19.7 Å². The number of benzene rings is 1. The van der Waals surface area contributed by atoms with Crippen LogP contribution < -0.4 is 14.8 Å². The molecule has 1 atom stereocenters. The van der Waals surface area contributed by atoms with Gasteiger partial charge in [0, 0.05) is 37.1 Å². The lowest BCUT2D eigenvalue weighted by atomic mass is 10.0. The molecule has 0 aliphatic carbocycles. The van der Waals surface area contributed by atoms with Crippen molar-refractivity contribution in [2.24, 2.45) is 0 Å². The molecule has 1 amide bonds. The summed E-state index contributed by atoms with van der Waals surface area (Å²) in [6, 6.07) is 6.10. The normalized spacial score (nSPS) is 18.6. The van der Waals surface area contributed by atoms with Gasteiger partial charge in [-0.2, -0.15) is 0 Å². The number of aromatic nitrogens is 2. The zero-order chi connectivity index (χ0) is 19.3. The number of hydrogen-bond donors (Lipinski definition) is 1. The quantitative estimate of drug-likeness (QED) is 0.857. The van der Waals surface area contributed by atoms with Crippen LogP contribution in [0.2, 0.25) is 0 Å². The van der Waals surface area contributed by atoms with Crippen molar-refractivity contribution in [2.45, 2.75) is 38.6 Å². The van der Waals surface area contributed by atoms with Crippen molar-refractivity contribution in [3.63, 3.8) is 0 Å². The molecule has 148 valence electrons. The summed E-state index contributed by atoms with van der Waals surface area (Å²) in [5, 5.41) is 3.55. The number of carbonyl (C=O) groups excluding carboxylic acids is 1. The first-order valence-corrected chi connectivity index (χ1v) is 9.99. The maximum absolute atomic E-state index is 13.1. The molecule has 1 aromatic heterocycles. The number of amides is 1. The third-order valence-electron chi connectivity index (χ3n) is 5.13. The van der Waals surface area contributed by atoms with E-state index in [9.17, 15) is 4.79 Å². The largest absolute Gasteiger partial charge is 0.486 e. The number of carbonyl (C=O) groups is 1. The first-order valence-electron chi connectivity index (χ1n) is 9.99. The third-order valence-corrected chi connectivity index (χ3v) is 5.13. The number of rotatable bonds is 5. The molecule has 2 aliphatic rings. The fraction of sp³-hybridized carbons (Fsp3) is 0.476. The smallest absolute Gasteiger partial charge is 0.257 e. The van der Waals surface area contributed by atoms with Crippen LogP contribution in [-0.2, 0) is 6.42 Å². The molecule has 0 spiro atoms. The molecule has 1 fully saturated rings. The summed E-state index contributed by atoms with van der Waals surface area (Å²) >= 11 is 0. The van der Waals surface area contributed by atoms with E-state index in [4.69, 9.17) is 9.47 Å². The molecule has 1 N–H and O–H groups in total. The van der Waals surface area contributed by atoms with Gasteiger partial charge in [-0.05, 0) is 31.4 Å². The number of nitrogens with one attached hydrogen (secondary N) is 1. The van der Waals surface area contributed by atoms with E-state index in [-0.39, 0.29) is 11.9 Å². The highest BCUT2D eigenvalue weighted by atomic mass is 16.6. The Bertz CT molecular complexity index is 842. The highest BCUT2D eigenvalue weighted by molar-refractivity contribution is 5.95. The summed E-state index contributed by atoms with van der Waals surface area (Å²) in [7, 11) is 0. The van der Waals surface area contributed by atoms with Crippen LogP contribution in [-0.4, -0.2) is 53.1 Å². The van der Waals surface area contributed by atoms with Gasteiger partial charge in [0.15, 0.2) is 11.5 Å². The van der Waals surface area contributed by atoms with E-state index < -0.39 is 0 Å². The Balaban J connectivity index is 1.44. The SMILES string of the molecule is CCCc1ncncc1C(=O)N1CCCC(Nc2ccc3c(c2)OCCO3)C1. The van der Waals surface area contributed by atoms with Gasteiger partial charge in [-0.1, -0.05) is 13.3 Å². The van der Waals surface area contributed by atoms with Gasteiger partial charge in [-0.15, -0.1) is 0 Å². The van der Waals surface area contributed by atoms with E-state index >= 15 is 0 Å². The van der Waals surface area contributed by atoms with Crippen molar-refractivity contribution < 1.29 is 14.3 Å². The van der Waals surface area contributed by atoms with Crippen LogP contribution in [0.4, 0.5) is 5.69 Å². The molecule has 1 unspecified atom stereocenters. The van der Waals surface area contributed by atoms with Gasteiger partial charge in [0.25, 0.3) is 5.91 Å². The van der Waals surface area contributed by atoms with Gasteiger partial charge in [0.2, 0.25) is 0 Å². The summed E-state index contributed by atoms with van der Waals surface area (Å²) < 4.78 is 11.2. The predicted molar refractivity (Wildman–Crippen MR) is 106 cm³/mol. The van der Waals surface area contributed by atoms with E-state index in [1.165, 1.54) is 6.33 Å². The van der Waals surface area contributed by atoms with Crippen molar-refractivity contribution in [3.05, 3.63) is 42.0 Å². The molecule has 0 bridgehead atoms. The molecule has 3 heterocycles. The second-order valence-corrected chi connectivity index (χ2v) is 7.23. The average Bonchev–Trinajstić information content (AvgIpc) is 2.74. The lowest BCUT2D eigenvalue weighted by molar-refractivity contribution is 0.0712. The van der Waals surface area contributed by atoms with Gasteiger partial charge in [0.05, 0.1) is 11.3 Å². The number of aryl methyl sites for hydroxylation is 1. The van der Waals surface area contributed by atoms with Crippen LogP contribution in [0.15, 0.2) is 30.7 Å². The summed E-state index contributed by atoms with van der Waals surface area (Å²) in [6.45, 7) is 4.67. The minimum Gasteiger partial charge on any atom is -0.486 e. The molecule has 7 heteroatoms. The van der Waals surface area contributed by atoms with Crippen LogP contribution in [0.25, 0.3) is 0 Å². The number of anilines is 1. The van der Waals surface area contributed by atoms with Gasteiger partial charge in [-0.25, -0.2) is 9.97 Å². The van der Waals surface area contributed by atoms with Crippen molar-refractivity contribution in [1.82, 2.24) is 14.9 Å². The molecule has 0 saturated carbocycles. The van der Waals surface area contributed by atoms with Crippen LogP contribution in [0.3, 0.4) is 0 Å². The van der Waals surface area contributed by atoms with Crippen LogP contribution in [0.1, 0.15) is 42.2 Å². The Morgan fingerprint density at radius 1 is 1.29 bits per heavy atom. The van der Waals surface area contributed by atoms with Crippen molar-refractivity contribution in [3.8, 4) is 11.5 Å². The van der Waals surface area contributed by atoms with Crippen molar-refractivity contribution in [1.29, 1.82) is 0 Å². The number of fused-ring (bicyclic) bond motifs is 1. The molecular weight excluding hydrogens is 356 g/mol. The molecule has 7 nitrogen and oxygen atoms in total. The second kappa shape index (κ2) is 8.46. The number of nitrogens with zero attached hydrogens (tertiary/aromatic N) is 3. The molecule has 1 saturated heterocycles. The summed E-state index contributed by atoms with van der Waals surface area (Å²) in [5.41, 5.74) is 2.45. The average molecular weight is 382 g/mol. The van der Waals surface area contributed by atoms with Crippen molar-refractivity contribution >= 4 is 11.6 Å². The summed E-state index contributed by atoms with van der Waals surface area (Å²) in [4.78, 5) is 23.4. The van der Waals surface area contributed by atoms with Gasteiger partial charge >= 0.3 is 0 Å². The second-order valence-electron chi connectivity index (χ2n) is 7.23. The van der Waals surface area contributed by atoms with Gasteiger partial charge in [-0.3, -0.25) is 4.79 Å². The molecule has 0 radical (unpaired) electrons. The van der Waals surface area contributed by atoms with E-state index in [0.717, 1.165) is 55.1 Å². The Hall–Kier alpha value is -2.83.